The lowest BCUT2D eigenvalue weighted by Gasteiger charge is -2.14. The van der Waals surface area contributed by atoms with Gasteiger partial charge in [-0.15, -0.1) is 0 Å². The Morgan fingerprint density at radius 3 is 2.52 bits per heavy atom. The van der Waals surface area contributed by atoms with Crippen LogP contribution < -0.4 is 16.0 Å². The maximum Gasteiger partial charge on any atom is 0.411 e. The molecule has 0 saturated carbocycles. The Kier molecular flexibility index (Phi) is 8.52. The molecule has 128 valence electrons. The third-order valence-corrected chi connectivity index (χ3v) is 2.99. The summed E-state index contributed by atoms with van der Waals surface area (Å²) in [5.41, 5.74) is 1.12. The lowest BCUT2D eigenvalue weighted by molar-refractivity contribution is 0.107. The highest BCUT2D eigenvalue weighted by atomic mass is 16.6. The molecule has 1 aromatic carbocycles. The molecule has 23 heavy (non-hydrogen) atoms. The van der Waals surface area contributed by atoms with E-state index in [0.717, 1.165) is 12.8 Å². The number of amides is 3. The summed E-state index contributed by atoms with van der Waals surface area (Å²) < 4.78 is 9.71. The summed E-state index contributed by atoms with van der Waals surface area (Å²) in [6, 6.07) is 6.67. The van der Waals surface area contributed by atoms with Gasteiger partial charge in [-0.25, -0.2) is 9.59 Å². The number of nitrogens with one attached hydrogen (secondary N) is 3. The van der Waals surface area contributed by atoms with Gasteiger partial charge in [0.2, 0.25) is 0 Å². The molecule has 1 rings (SSSR count). The minimum absolute atomic E-state index is 0.108. The average Bonchev–Trinajstić information content (AvgIpc) is 2.47. The van der Waals surface area contributed by atoms with Crippen molar-refractivity contribution in [2.45, 2.75) is 32.7 Å². The molecule has 0 fully saturated rings. The van der Waals surface area contributed by atoms with Crippen molar-refractivity contribution in [3.8, 4) is 0 Å². The maximum absolute atomic E-state index is 11.9. The zero-order chi connectivity index (χ0) is 17.1. The number of methoxy groups -OCH3 is 1. The molecule has 1 aromatic rings. The van der Waals surface area contributed by atoms with Crippen LogP contribution in [0.2, 0.25) is 0 Å². The van der Waals surface area contributed by atoms with E-state index < -0.39 is 6.09 Å². The van der Waals surface area contributed by atoms with Gasteiger partial charge in [0.1, 0.15) is 6.61 Å². The van der Waals surface area contributed by atoms with Crippen LogP contribution in [0.5, 0.6) is 0 Å². The normalized spacial score (nSPS) is 11.4. The topological polar surface area (TPSA) is 88.7 Å². The van der Waals surface area contributed by atoms with Gasteiger partial charge < -0.3 is 20.1 Å². The Labute approximate surface area is 136 Å². The van der Waals surface area contributed by atoms with Crippen LogP contribution in [0.25, 0.3) is 0 Å². The first kappa shape index (κ1) is 18.8. The number of benzene rings is 1. The number of urea groups is 1. The largest absolute Gasteiger partial charge is 0.447 e. The summed E-state index contributed by atoms with van der Waals surface area (Å²) in [6.07, 6.45) is 1.36. The molecule has 0 saturated heterocycles. The van der Waals surface area contributed by atoms with Crippen molar-refractivity contribution in [3.05, 3.63) is 24.3 Å². The fourth-order valence-electron chi connectivity index (χ4n) is 1.94. The third-order valence-electron chi connectivity index (χ3n) is 2.99. The van der Waals surface area contributed by atoms with Gasteiger partial charge in [-0.05, 0) is 31.5 Å². The Balaban J connectivity index is 2.49. The lowest BCUT2D eigenvalue weighted by Crippen LogP contribution is -2.35. The van der Waals surface area contributed by atoms with Gasteiger partial charge in [-0.2, -0.15) is 0 Å². The van der Waals surface area contributed by atoms with Crippen LogP contribution in [0, 0.1) is 0 Å². The van der Waals surface area contributed by atoms with Crippen molar-refractivity contribution in [2.24, 2.45) is 0 Å². The molecule has 7 heteroatoms. The monoisotopic (exact) mass is 323 g/mol. The van der Waals surface area contributed by atoms with Gasteiger partial charge in [-0.3, -0.25) is 5.32 Å². The number of carbonyl (C=O) groups excluding carboxylic acids is 2. The van der Waals surface area contributed by atoms with E-state index in [9.17, 15) is 9.59 Å². The fraction of sp³-hybridized carbons (Fsp3) is 0.500. The second kappa shape index (κ2) is 10.4. The predicted molar refractivity (Wildman–Crippen MR) is 89.8 cm³/mol. The van der Waals surface area contributed by atoms with E-state index in [1.54, 1.807) is 24.3 Å². The van der Waals surface area contributed by atoms with Crippen LogP contribution in [0.15, 0.2) is 24.3 Å². The summed E-state index contributed by atoms with van der Waals surface area (Å²) in [6.45, 7) is 4.54. The van der Waals surface area contributed by atoms with Crippen molar-refractivity contribution in [1.29, 1.82) is 0 Å². The molecule has 3 N–H and O–H groups in total. The maximum atomic E-state index is 11.9. The standard InChI is InChI=1S/C16H25N3O4/c1-4-6-12(2)17-15(20)18-13-7-5-8-14(11-13)19-16(21)23-10-9-22-3/h5,7-8,11-12H,4,6,9-10H2,1-3H3,(H,19,21)(H2,17,18,20)/t12-/m1/s1. The van der Waals surface area contributed by atoms with E-state index in [1.165, 1.54) is 7.11 Å². The first-order valence-electron chi connectivity index (χ1n) is 7.65. The molecular formula is C16H25N3O4. The van der Waals surface area contributed by atoms with Crippen molar-refractivity contribution in [3.63, 3.8) is 0 Å². The average molecular weight is 323 g/mol. The molecule has 0 radical (unpaired) electrons. The van der Waals surface area contributed by atoms with Gasteiger partial charge in [0.15, 0.2) is 0 Å². The van der Waals surface area contributed by atoms with E-state index >= 15 is 0 Å². The first-order chi connectivity index (χ1) is 11.0. The second-order valence-corrected chi connectivity index (χ2v) is 5.12. The highest BCUT2D eigenvalue weighted by molar-refractivity contribution is 5.91. The van der Waals surface area contributed by atoms with E-state index in [-0.39, 0.29) is 18.7 Å². The Hall–Kier alpha value is -2.28. The Morgan fingerprint density at radius 2 is 1.87 bits per heavy atom. The van der Waals surface area contributed by atoms with Crippen LogP contribution in [0.4, 0.5) is 21.0 Å². The van der Waals surface area contributed by atoms with Crippen LogP contribution >= 0.6 is 0 Å². The predicted octanol–water partition coefficient (Wildman–Crippen LogP) is 3.19. The van der Waals surface area contributed by atoms with Gasteiger partial charge in [0.05, 0.1) is 6.61 Å². The fourth-order valence-corrected chi connectivity index (χ4v) is 1.94. The summed E-state index contributed by atoms with van der Waals surface area (Å²) in [7, 11) is 1.53. The molecule has 1 atom stereocenters. The summed E-state index contributed by atoms with van der Waals surface area (Å²) in [4.78, 5) is 23.4. The molecule has 0 aliphatic heterocycles. The number of hydrogen-bond donors (Lipinski definition) is 3. The molecule has 0 heterocycles. The third kappa shape index (κ3) is 8.06. The second-order valence-electron chi connectivity index (χ2n) is 5.12. The minimum Gasteiger partial charge on any atom is -0.447 e. The highest BCUT2D eigenvalue weighted by Crippen LogP contribution is 2.15. The molecule has 0 bridgehead atoms. The number of carbonyl (C=O) groups is 2. The molecule has 3 amide bonds. The molecule has 7 nitrogen and oxygen atoms in total. The van der Waals surface area contributed by atoms with Gasteiger partial charge in [-0.1, -0.05) is 19.4 Å². The molecule has 0 aliphatic rings. The van der Waals surface area contributed by atoms with E-state index in [0.29, 0.717) is 18.0 Å². The molecule has 0 aromatic heterocycles. The summed E-state index contributed by atoms with van der Waals surface area (Å²) >= 11 is 0. The number of rotatable bonds is 8. The van der Waals surface area contributed by atoms with Crippen molar-refractivity contribution in [1.82, 2.24) is 5.32 Å². The highest BCUT2D eigenvalue weighted by Gasteiger charge is 2.08. The Bertz CT molecular complexity index is 508. The quantitative estimate of drug-likeness (QED) is 0.641. The number of anilines is 2. The van der Waals surface area contributed by atoms with Gasteiger partial charge >= 0.3 is 12.1 Å². The SMILES string of the molecule is CCC[C@@H](C)NC(=O)Nc1cccc(NC(=O)OCCOC)c1. The van der Waals surface area contributed by atoms with Crippen molar-refractivity contribution >= 4 is 23.5 Å². The lowest BCUT2D eigenvalue weighted by atomic mass is 10.2. The Morgan fingerprint density at radius 1 is 1.17 bits per heavy atom. The smallest absolute Gasteiger partial charge is 0.411 e. The van der Waals surface area contributed by atoms with Crippen LogP contribution in [0.1, 0.15) is 26.7 Å². The van der Waals surface area contributed by atoms with Crippen molar-refractivity contribution in [2.75, 3.05) is 31.0 Å². The minimum atomic E-state index is -0.569. The van der Waals surface area contributed by atoms with Crippen LogP contribution in [-0.2, 0) is 9.47 Å². The molecule has 0 aliphatic carbocycles. The zero-order valence-electron chi connectivity index (χ0n) is 13.8. The first-order valence-corrected chi connectivity index (χ1v) is 7.65. The van der Waals surface area contributed by atoms with E-state index in [4.69, 9.17) is 9.47 Å². The zero-order valence-corrected chi connectivity index (χ0v) is 13.8. The van der Waals surface area contributed by atoms with Crippen LogP contribution in [0.3, 0.4) is 0 Å². The molecule has 0 unspecified atom stereocenters. The summed E-state index contributed by atoms with van der Waals surface area (Å²) in [5, 5.41) is 8.17. The van der Waals surface area contributed by atoms with E-state index in [2.05, 4.69) is 22.9 Å². The van der Waals surface area contributed by atoms with Gasteiger partial charge in [0, 0.05) is 24.5 Å². The molecular weight excluding hydrogens is 298 g/mol. The number of ether oxygens (including phenoxy) is 2. The van der Waals surface area contributed by atoms with Gasteiger partial charge in [0.25, 0.3) is 0 Å². The van der Waals surface area contributed by atoms with E-state index in [1.807, 2.05) is 6.92 Å². The summed E-state index contributed by atoms with van der Waals surface area (Å²) in [5.74, 6) is 0. The molecule has 0 spiro atoms. The van der Waals surface area contributed by atoms with Crippen LogP contribution in [-0.4, -0.2) is 38.5 Å². The van der Waals surface area contributed by atoms with Crippen molar-refractivity contribution < 1.29 is 19.1 Å². The number of hydrogen-bond acceptors (Lipinski definition) is 4.